The van der Waals surface area contributed by atoms with Gasteiger partial charge >= 0.3 is 0 Å². The minimum atomic E-state index is -0.371. The van der Waals surface area contributed by atoms with Crippen molar-refractivity contribution in [1.29, 1.82) is 0 Å². The summed E-state index contributed by atoms with van der Waals surface area (Å²) in [4.78, 5) is 14.5. The van der Waals surface area contributed by atoms with Crippen LogP contribution in [-0.4, -0.2) is 14.5 Å². The second-order valence-electron chi connectivity index (χ2n) is 3.81. The topological polar surface area (TPSA) is 61.0 Å². The van der Waals surface area contributed by atoms with E-state index in [9.17, 15) is 10.1 Å². The third kappa shape index (κ3) is 1.27. The van der Waals surface area contributed by atoms with Gasteiger partial charge in [0.2, 0.25) is 0 Å². The van der Waals surface area contributed by atoms with Gasteiger partial charge in [0.15, 0.2) is 0 Å². The number of rotatable bonds is 2. The number of hydrogen-bond acceptors (Lipinski definition) is 3. The van der Waals surface area contributed by atoms with Gasteiger partial charge in [-0.3, -0.25) is 10.1 Å². The molecule has 1 saturated carbocycles. The summed E-state index contributed by atoms with van der Waals surface area (Å²) in [6.07, 6.45) is 4.06. The molecule has 0 atom stereocenters. The lowest BCUT2D eigenvalue weighted by molar-refractivity contribution is -0.384. The quantitative estimate of drug-likeness (QED) is 0.555. The highest BCUT2D eigenvalue weighted by Gasteiger charge is 2.25. The summed E-state index contributed by atoms with van der Waals surface area (Å²) in [6, 6.07) is 5.29. The van der Waals surface area contributed by atoms with Crippen molar-refractivity contribution < 1.29 is 4.92 Å². The predicted octanol–water partition coefficient (Wildman–Crippen LogP) is 2.28. The number of imidazole rings is 1. The zero-order valence-corrected chi connectivity index (χ0v) is 7.96. The van der Waals surface area contributed by atoms with E-state index in [1.807, 2.05) is 4.57 Å². The number of hydrogen-bond donors (Lipinski definition) is 0. The van der Waals surface area contributed by atoms with Gasteiger partial charge in [-0.05, 0) is 18.9 Å². The molecule has 3 rings (SSSR count). The number of nitro groups is 1. The van der Waals surface area contributed by atoms with Crippen LogP contribution >= 0.6 is 0 Å². The van der Waals surface area contributed by atoms with Gasteiger partial charge in [0.1, 0.15) is 0 Å². The summed E-state index contributed by atoms with van der Waals surface area (Å²) in [5, 5.41) is 10.6. The Hall–Kier alpha value is -1.91. The largest absolute Gasteiger partial charge is 0.327 e. The highest BCUT2D eigenvalue weighted by atomic mass is 16.6. The van der Waals surface area contributed by atoms with Crippen LogP contribution in [0.2, 0.25) is 0 Å². The van der Waals surface area contributed by atoms with E-state index in [0.717, 1.165) is 23.9 Å². The second kappa shape index (κ2) is 2.79. The van der Waals surface area contributed by atoms with Crippen molar-refractivity contribution in [2.24, 2.45) is 0 Å². The average Bonchev–Trinajstić information content (AvgIpc) is 2.98. The van der Waals surface area contributed by atoms with Gasteiger partial charge in [0, 0.05) is 18.2 Å². The van der Waals surface area contributed by atoms with Crippen molar-refractivity contribution in [1.82, 2.24) is 9.55 Å². The number of fused-ring (bicyclic) bond motifs is 1. The molecule has 0 bridgehead atoms. The van der Waals surface area contributed by atoms with Crippen LogP contribution in [0.25, 0.3) is 11.0 Å². The zero-order chi connectivity index (χ0) is 10.4. The highest BCUT2D eigenvalue weighted by molar-refractivity contribution is 5.78. The van der Waals surface area contributed by atoms with Crippen LogP contribution in [0, 0.1) is 10.1 Å². The fourth-order valence-corrected chi connectivity index (χ4v) is 1.77. The van der Waals surface area contributed by atoms with Crippen molar-refractivity contribution in [2.45, 2.75) is 18.9 Å². The molecule has 1 aliphatic rings. The summed E-state index contributed by atoms with van der Waals surface area (Å²) in [7, 11) is 0. The lowest BCUT2D eigenvalue weighted by Crippen LogP contribution is -1.92. The van der Waals surface area contributed by atoms with Crippen molar-refractivity contribution in [3.8, 4) is 0 Å². The first-order valence-electron chi connectivity index (χ1n) is 4.87. The molecule has 1 fully saturated rings. The molecule has 2 aromatic rings. The maximum absolute atomic E-state index is 10.6. The molecule has 0 amide bonds. The van der Waals surface area contributed by atoms with E-state index in [1.54, 1.807) is 18.5 Å². The molecular formula is C10H9N3O2. The van der Waals surface area contributed by atoms with Crippen molar-refractivity contribution in [2.75, 3.05) is 0 Å². The van der Waals surface area contributed by atoms with E-state index in [-0.39, 0.29) is 10.6 Å². The van der Waals surface area contributed by atoms with Gasteiger partial charge in [-0.2, -0.15) is 0 Å². The van der Waals surface area contributed by atoms with E-state index < -0.39 is 0 Å². The molecular weight excluding hydrogens is 194 g/mol. The van der Waals surface area contributed by atoms with Gasteiger partial charge in [-0.25, -0.2) is 4.98 Å². The Morgan fingerprint density at radius 3 is 2.93 bits per heavy atom. The summed E-state index contributed by atoms with van der Waals surface area (Å²) in [5.74, 6) is 0. The van der Waals surface area contributed by atoms with E-state index in [0.29, 0.717) is 6.04 Å². The molecule has 15 heavy (non-hydrogen) atoms. The number of nitro benzene ring substituents is 1. The van der Waals surface area contributed by atoms with Crippen molar-refractivity contribution >= 4 is 16.7 Å². The predicted molar refractivity (Wildman–Crippen MR) is 54.7 cm³/mol. The highest BCUT2D eigenvalue weighted by Crippen LogP contribution is 2.37. The summed E-state index contributed by atoms with van der Waals surface area (Å²) in [5.41, 5.74) is 1.82. The van der Waals surface area contributed by atoms with Crippen LogP contribution in [-0.2, 0) is 0 Å². The normalized spacial score (nSPS) is 15.7. The molecule has 0 saturated heterocycles. The van der Waals surface area contributed by atoms with E-state index in [1.165, 1.54) is 6.07 Å². The Kier molecular flexibility index (Phi) is 1.56. The van der Waals surface area contributed by atoms with Gasteiger partial charge in [0.05, 0.1) is 22.3 Å². The Morgan fingerprint density at radius 1 is 1.47 bits per heavy atom. The lowest BCUT2D eigenvalue weighted by atomic mass is 10.3. The third-order valence-electron chi connectivity index (χ3n) is 2.71. The van der Waals surface area contributed by atoms with Crippen LogP contribution in [0.15, 0.2) is 24.5 Å². The smallest absolute Gasteiger partial charge is 0.271 e. The van der Waals surface area contributed by atoms with Crippen LogP contribution in [0.3, 0.4) is 0 Å². The summed E-state index contributed by atoms with van der Waals surface area (Å²) < 4.78 is 2.03. The van der Waals surface area contributed by atoms with Gasteiger partial charge in [-0.15, -0.1) is 0 Å². The standard InChI is InChI=1S/C10H9N3O2/c14-13(15)8-3-4-9-10(5-8)12(6-11-9)7-1-2-7/h3-7H,1-2H2. The molecule has 76 valence electrons. The van der Waals surface area contributed by atoms with Gasteiger partial charge < -0.3 is 4.57 Å². The number of aromatic nitrogens is 2. The summed E-state index contributed by atoms with van der Waals surface area (Å²) in [6.45, 7) is 0. The second-order valence-corrected chi connectivity index (χ2v) is 3.81. The molecule has 1 aliphatic carbocycles. The monoisotopic (exact) mass is 203 g/mol. The maximum atomic E-state index is 10.6. The molecule has 0 aliphatic heterocycles. The Bertz CT molecular complexity index is 543. The maximum Gasteiger partial charge on any atom is 0.271 e. The summed E-state index contributed by atoms with van der Waals surface area (Å²) >= 11 is 0. The van der Waals surface area contributed by atoms with E-state index >= 15 is 0 Å². The molecule has 1 aromatic carbocycles. The molecule has 0 radical (unpaired) electrons. The minimum Gasteiger partial charge on any atom is -0.327 e. The Morgan fingerprint density at radius 2 is 2.27 bits per heavy atom. The molecule has 5 nitrogen and oxygen atoms in total. The molecule has 1 heterocycles. The first-order valence-corrected chi connectivity index (χ1v) is 4.87. The van der Waals surface area contributed by atoms with Crippen LogP contribution in [0.1, 0.15) is 18.9 Å². The van der Waals surface area contributed by atoms with E-state index in [2.05, 4.69) is 4.98 Å². The SMILES string of the molecule is O=[N+]([O-])c1ccc2ncn(C3CC3)c2c1. The Labute approximate surface area is 85.5 Å². The lowest BCUT2D eigenvalue weighted by Gasteiger charge is -1.99. The number of benzene rings is 1. The van der Waals surface area contributed by atoms with Crippen molar-refractivity contribution in [3.05, 3.63) is 34.6 Å². The average molecular weight is 203 g/mol. The first kappa shape index (κ1) is 8.40. The van der Waals surface area contributed by atoms with Crippen LogP contribution in [0.5, 0.6) is 0 Å². The van der Waals surface area contributed by atoms with Crippen LogP contribution < -0.4 is 0 Å². The van der Waals surface area contributed by atoms with Gasteiger partial charge in [0.25, 0.3) is 5.69 Å². The fourth-order valence-electron chi connectivity index (χ4n) is 1.77. The molecule has 0 N–H and O–H groups in total. The van der Waals surface area contributed by atoms with Crippen LogP contribution in [0.4, 0.5) is 5.69 Å². The fraction of sp³-hybridized carbons (Fsp3) is 0.300. The van der Waals surface area contributed by atoms with Crippen molar-refractivity contribution in [3.63, 3.8) is 0 Å². The molecule has 1 aromatic heterocycles. The first-order chi connectivity index (χ1) is 7.25. The molecule has 0 unspecified atom stereocenters. The molecule has 5 heteroatoms. The number of nitrogens with zero attached hydrogens (tertiary/aromatic N) is 3. The Balaban J connectivity index is 2.21. The third-order valence-corrected chi connectivity index (χ3v) is 2.71. The van der Waals surface area contributed by atoms with Gasteiger partial charge in [-0.1, -0.05) is 0 Å². The zero-order valence-electron chi connectivity index (χ0n) is 7.96. The molecule has 0 spiro atoms. The minimum absolute atomic E-state index is 0.130. The van der Waals surface area contributed by atoms with E-state index in [4.69, 9.17) is 0 Å². The number of non-ortho nitro benzene ring substituents is 1.